The van der Waals surface area contributed by atoms with Gasteiger partial charge in [-0.1, -0.05) is 31.0 Å². The van der Waals surface area contributed by atoms with Crippen LogP contribution in [-0.2, 0) is 4.79 Å². The first-order valence-corrected chi connectivity index (χ1v) is 9.82. The minimum absolute atomic E-state index is 0.0393. The summed E-state index contributed by atoms with van der Waals surface area (Å²) in [5.41, 5.74) is 2.91. The lowest BCUT2D eigenvalue weighted by Crippen LogP contribution is -2.46. The van der Waals surface area contributed by atoms with Crippen molar-refractivity contribution in [3.63, 3.8) is 0 Å². The molecule has 5 nitrogen and oxygen atoms in total. The number of carbonyl (C=O) groups excluding carboxylic acids is 2. The van der Waals surface area contributed by atoms with E-state index in [-0.39, 0.29) is 17.7 Å². The van der Waals surface area contributed by atoms with Crippen LogP contribution in [0.3, 0.4) is 0 Å². The number of nitrogens with one attached hydrogen (secondary N) is 1. The van der Waals surface area contributed by atoms with E-state index in [0.29, 0.717) is 13.1 Å². The Morgan fingerprint density at radius 1 is 1.15 bits per heavy atom. The third-order valence-electron chi connectivity index (χ3n) is 5.17. The topological polar surface area (TPSA) is 52.7 Å². The number of hydrogen-bond donors (Lipinski definition) is 1. The minimum atomic E-state index is -0.102. The predicted octanol–water partition coefficient (Wildman–Crippen LogP) is 2.61. The van der Waals surface area contributed by atoms with E-state index in [9.17, 15) is 9.59 Å². The van der Waals surface area contributed by atoms with Crippen LogP contribution < -0.4 is 5.32 Å². The largest absolute Gasteiger partial charge is 0.355 e. The van der Waals surface area contributed by atoms with Crippen molar-refractivity contribution < 1.29 is 9.59 Å². The molecule has 1 atom stereocenters. The molecule has 1 saturated heterocycles. The zero-order chi connectivity index (χ0) is 19.1. The highest BCUT2D eigenvalue weighted by Crippen LogP contribution is 2.20. The second-order valence-electron chi connectivity index (χ2n) is 7.28. The van der Waals surface area contributed by atoms with Crippen molar-refractivity contribution in [2.45, 2.75) is 40.5 Å². The van der Waals surface area contributed by atoms with E-state index in [2.05, 4.69) is 30.1 Å². The summed E-state index contributed by atoms with van der Waals surface area (Å²) in [7, 11) is 0. The van der Waals surface area contributed by atoms with Crippen molar-refractivity contribution >= 4 is 11.8 Å². The van der Waals surface area contributed by atoms with Crippen molar-refractivity contribution in [1.29, 1.82) is 0 Å². The van der Waals surface area contributed by atoms with E-state index in [1.807, 2.05) is 30.9 Å². The maximum Gasteiger partial charge on any atom is 0.253 e. The minimum Gasteiger partial charge on any atom is -0.355 e. The lowest BCUT2D eigenvalue weighted by atomic mass is 9.96. The van der Waals surface area contributed by atoms with E-state index in [1.165, 1.54) is 0 Å². The molecule has 26 heavy (non-hydrogen) atoms. The number of hydrogen-bond acceptors (Lipinski definition) is 3. The fourth-order valence-electron chi connectivity index (χ4n) is 3.68. The fraction of sp³-hybridized carbons (Fsp3) is 0.619. The summed E-state index contributed by atoms with van der Waals surface area (Å²) >= 11 is 0. The van der Waals surface area contributed by atoms with E-state index >= 15 is 0 Å². The van der Waals surface area contributed by atoms with Gasteiger partial charge in [0.25, 0.3) is 5.91 Å². The summed E-state index contributed by atoms with van der Waals surface area (Å²) in [6, 6.07) is 5.94. The molecule has 0 spiro atoms. The van der Waals surface area contributed by atoms with Gasteiger partial charge in [-0.25, -0.2) is 0 Å². The number of likely N-dealkylation sites (N-methyl/N-ethyl adjacent to an activating group) is 1. The number of amides is 2. The summed E-state index contributed by atoms with van der Waals surface area (Å²) in [5.74, 6) is 0.0165. The van der Waals surface area contributed by atoms with Gasteiger partial charge in [-0.2, -0.15) is 0 Å². The van der Waals surface area contributed by atoms with Crippen LogP contribution in [0, 0.1) is 19.8 Å². The van der Waals surface area contributed by atoms with Gasteiger partial charge in [-0.3, -0.25) is 9.59 Å². The van der Waals surface area contributed by atoms with Crippen molar-refractivity contribution in [3.05, 3.63) is 34.9 Å². The van der Waals surface area contributed by atoms with Crippen LogP contribution in [0.15, 0.2) is 18.2 Å². The molecule has 5 heteroatoms. The number of carbonyl (C=O) groups is 2. The Balaban J connectivity index is 1.91. The number of piperidine rings is 1. The normalized spacial score (nSPS) is 17.4. The van der Waals surface area contributed by atoms with Crippen LogP contribution in [0.5, 0.6) is 0 Å². The Bertz CT molecular complexity index is 605. The average Bonchev–Trinajstić information content (AvgIpc) is 2.63. The van der Waals surface area contributed by atoms with Crippen LogP contribution in [0.1, 0.15) is 48.2 Å². The smallest absolute Gasteiger partial charge is 0.253 e. The third kappa shape index (κ3) is 5.56. The van der Waals surface area contributed by atoms with Gasteiger partial charge in [-0.05, 0) is 51.9 Å². The summed E-state index contributed by atoms with van der Waals surface area (Å²) in [6.07, 6.45) is 1.73. The highest BCUT2D eigenvalue weighted by Gasteiger charge is 2.28. The Kier molecular flexibility index (Phi) is 7.64. The molecule has 1 heterocycles. The molecule has 1 N–H and O–H groups in total. The van der Waals surface area contributed by atoms with Gasteiger partial charge in [0.15, 0.2) is 0 Å². The molecule has 0 bridgehead atoms. The number of nitrogens with zero attached hydrogens (tertiary/aromatic N) is 2. The Labute approximate surface area is 157 Å². The molecule has 1 aliphatic heterocycles. The number of rotatable bonds is 7. The average molecular weight is 360 g/mol. The number of benzene rings is 1. The number of aryl methyl sites for hydroxylation is 2. The summed E-state index contributed by atoms with van der Waals surface area (Å²) in [4.78, 5) is 29.5. The standard InChI is InChI=1S/C21H33N3O2/c1-5-23(6-2)11-9-22-20(25)18-8-7-10-24(15-18)21(26)19-13-16(3)12-17(4)14-19/h12-14,18H,5-11,15H2,1-4H3,(H,22,25). The molecule has 144 valence electrons. The maximum absolute atomic E-state index is 12.8. The quantitative estimate of drug-likeness (QED) is 0.814. The molecule has 1 fully saturated rings. The SMILES string of the molecule is CCN(CC)CCNC(=O)C1CCCN(C(=O)c2cc(C)cc(C)c2)C1. The van der Waals surface area contributed by atoms with Crippen LogP contribution in [-0.4, -0.2) is 60.9 Å². The van der Waals surface area contributed by atoms with E-state index < -0.39 is 0 Å². The van der Waals surface area contributed by atoms with E-state index in [1.54, 1.807) is 0 Å². The maximum atomic E-state index is 12.8. The molecule has 1 aromatic rings. The van der Waals surface area contributed by atoms with Crippen molar-refractivity contribution in [2.24, 2.45) is 5.92 Å². The van der Waals surface area contributed by atoms with Crippen LogP contribution in [0.25, 0.3) is 0 Å². The van der Waals surface area contributed by atoms with E-state index in [4.69, 9.17) is 0 Å². The Hall–Kier alpha value is -1.88. The van der Waals surface area contributed by atoms with Gasteiger partial charge in [0.2, 0.25) is 5.91 Å². The first-order valence-electron chi connectivity index (χ1n) is 9.82. The number of likely N-dealkylation sites (tertiary alicyclic amines) is 1. The summed E-state index contributed by atoms with van der Waals surface area (Å²) < 4.78 is 0. The molecule has 0 aromatic heterocycles. The van der Waals surface area contributed by atoms with Gasteiger partial charge in [0.1, 0.15) is 0 Å². The van der Waals surface area contributed by atoms with Gasteiger partial charge >= 0.3 is 0 Å². The molecule has 2 amide bonds. The lowest BCUT2D eigenvalue weighted by molar-refractivity contribution is -0.126. The fourth-order valence-corrected chi connectivity index (χ4v) is 3.68. The summed E-state index contributed by atoms with van der Waals surface area (Å²) in [6.45, 7) is 13.0. The first kappa shape index (κ1) is 20.4. The zero-order valence-corrected chi connectivity index (χ0v) is 16.7. The van der Waals surface area contributed by atoms with Crippen LogP contribution in [0.2, 0.25) is 0 Å². The molecule has 2 rings (SSSR count). The van der Waals surface area contributed by atoms with Crippen molar-refractivity contribution in [2.75, 3.05) is 39.3 Å². The second-order valence-corrected chi connectivity index (χ2v) is 7.28. The van der Waals surface area contributed by atoms with Gasteiger partial charge in [0.05, 0.1) is 5.92 Å². The van der Waals surface area contributed by atoms with Crippen molar-refractivity contribution in [3.8, 4) is 0 Å². The molecule has 1 aliphatic rings. The zero-order valence-electron chi connectivity index (χ0n) is 16.7. The molecule has 0 saturated carbocycles. The molecule has 0 aliphatic carbocycles. The van der Waals surface area contributed by atoms with Crippen LogP contribution >= 0.6 is 0 Å². The second kappa shape index (κ2) is 9.72. The molecular weight excluding hydrogens is 326 g/mol. The molecular formula is C21H33N3O2. The Morgan fingerprint density at radius 2 is 1.81 bits per heavy atom. The monoisotopic (exact) mass is 359 g/mol. The first-order chi connectivity index (χ1) is 12.4. The lowest BCUT2D eigenvalue weighted by Gasteiger charge is -2.32. The van der Waals surface area contributed by atoms with Gasteiger partial charge < -0.3 is 15.1 Å². The van der Waals surface area contributed by atoms with E-state index in [0.717, 1.165) is 55.7 Å². The Morgan fingerprint density at radius 3 is 2.42 bits per heavy atom. The van der Waals surface area contributed by atoms with Gasteiger partial charge in [-0.15, -0.1) is 0 Å². The highest BCUT2D eigenvalue weighted by molar-refractivity contribution is 5.95. The van der Waals surface area contributed by atoms with Gasteiger partial charge in [0, 0.05) is 31.7 Å². The van der Waals surface area contributed by atoms with Crippen molar-refractivity contribution in [1.82, 2.24) is 15.1 Å². The third-order valence-corrected chi connectivity index (χ3v) is 5.17. The van der Waals surface area contributed by atoms with Crippen LogP contribution in [0.4, 0.5) is 0 Å². The molecule has 0 radical (unpaired) electrons. The molecule has 1 aromatic carbocycles. The highest BCUT2D eigenvalue weighted by atomic mass is 16.2. The summed E-state index contributed by atoms with van der Waals surface area (Å²) in [5, 5.41) is 3.05. The molecule has 1 unspecified atom stereocenters. The predicted molar refractivity (Wildman–Crippen MR) is 105 cm³/mol.